The van der Waals surface area contributed by atoms with E-state index >= 15 is 0 Å². The zero-order valence-electron chi connectivity index (χ0n) is 30.6. The summed E-state index contributed by atoms with van der Waals surface area (Å²) in [4.78, 5) is 13.8. The predicted molar refractivity (Wildman–Crippen MR) is 192 cm³/mol. The molecule has 0 aliphatic carbocycles. The predicted octanol–water partition coefficient (Wildman–Crippen LogP) is 12.7. The van der Waals surface area contributed by atoms with Crippen LogP contribution < -0.4 is 19.5 Å². The summed E-state index contributed by atoms with van der Waals surface area (Å²) in [5, 5.41) is 0.140. The average Bonchev–Trinajstić information content (AvgIpc) is 3.08. The van der Waals surface area contributed by atoms with E-state index in [0.29, 0.717) is 36.5 Å². The molecule has 4 nitrogen and oxygen atoms in total. The lowest BCUT2D eigenvalue weighted by Gasteiger charge is -2.23. The second-order valence-corrected chi connectivity index (χ2v) is 14.4. The lowest BCUT2D eigenvalue weighted by Crippen LogP contribution is -2.22. The van der Waals surface area contributed by atoms with Crippen LogP contribution in [0.5, 0.6) is 17.2 Å². The Morgan fingerprint density at radius 3 is 1.36 bits per heavy atom. The van der Waals surface area contributed by atoms with Crippen LogP contribution in [0, 0.1) is 17.8 Å². The summed E-state index contributed by atoms with van der Waals surface area (Å²) in [7, 11) is -1.14. The minimum Gasteiger partial charge on any atom is -0.493 e. The summed E-state index contributed by atoms with van der Waals surface area (Å²) in [6.45, 7) is 13.4. The Labute approximate surface area is 297 Å². The van der Waals surface area contributed by atoms with Gasteiger partial charge in [0.1, 0.15) is 17.2 Å². The van der Waals surface area contributed by atoms with Crippen molar-refractivity contribution in [1.82, 2.24) is 0 Å². The Morgan fingerprint density at radius 2 is 1.02 bits per heavy atom. The van der Waals surface area contributed by atoms with Crippen molar-refractivity contribution in [2.45, 2.75) is 131 Å². The van der Waals surface area contributed by atoms with Gasteiger partial charge < -0.3 is 14.2 Å². The average molecular weight is 735 g/mol. The van der Waals surface area contributed by atoms with Gasteiger partial charge in [0, 0.05) is 17.7 Å². The minimum atomic E-state index is -5.18. The van der Waals surface area contributed by atoms with E-state index in [9.17, 15) is 31.1 Å². The fourth-order valence-corrected chi connectivity index (χ4v) is 6.93. The Morgan fingerprint density at radius 1 is 0.640 bits per heavy atom. The Kier molecular flexibility index (Phi) is 19.0. The topological polar surface area (TPSA) is 44.8 Å². The third-order valence-electron chi connectivity index (χ3n) is 9.24. The first kappa shape index (κ1) is 43.7. The van der Waals surface area contributed by atoms with Gasteiger partial charge in [0.2, 0.25) is 0 Å². The van der Waals surface area contributed by atoms with E-state index in [1.807, 2.05) is 13.8 Å². The number of halogens is 6. The van der Waals surface area contributed by atoms with E-state index in [2.05, 4.69) is 27.7 Å². The third-order valence-corrected chi connectivity index (χ3v) is 10.5. The zero-order chi connectivity index (χ0) is 37.3. The van der Waals surface area contributed by atoms with E-state index < -0.39 is 43.1 Å². The minimum absolute atomic E-state index is 0.140. The molecular formula is C39H57F6O4P. The van der Waals surface area contributed by atoms with Gasteiger partial charge in [-0.25, -0.2) is 0 Å². The van der Waals surface area contributed by atoms with Crippen molar-refractivity contribution >= 4 is 19.4 Å². The van der Waals surface area contributed by atoms with E-state index in [-0.39, 0.29) is 41.9 Å². The molecule has 2 aromatic rings. The van der Waals surface area contributed by atoms with E-state index in [0.717, 1.165) is 77.0 Å². The molecule has 0 bridgehead atoms. The molecule has 50 heavy (non-hydrogen) atoms. The van der Waals surface area contributed by atoms with Crippen LogP contribution >= 0.6 is 8.58 Å². The lowest BCUT2D eigenvalue weighted by molar-refractivity contribution is -0.143. The molecule has 0 N–H and O–H groups in total. The number of hydrogen-bond acceptors (Lipinski definition) is 4. The molecule has 0 aliphatic heterocycles. The lowest BCUT2D eigenvalue weighted by atomic mass is 10.0. The molecule has 4 unspecified atom stereocenters. The second kappa shape index (κ2) is 21.8. The Hall–Kier alpha value is -2.48. The summed E-state index contributed by atoms with van der Waals surface area (Å²) in [5.41, 5.74) is -5.93. The van der Waals surface area contributed by atoms with Crippen LogP contribution in [0.4, 0.5) is 26.3 Å². The van der Waals surface area contributed by atoms with Crippen LogP contribution in [-0.2, 0) is 12.4 Å². The molecular weight excluding hydrogens is 677 g/mol. The van der Waals surface area contributed by atoms with Gasteiger partial charge in [-0.2, -0.15) is 26.3 Å². The van der Waals surface area contributed by atoms with Crippen LogP contribution in [0.3, 0.4) is 0 Å². The number of ether oxygens (including phenoxy) is 3. The van der Waals surface area contributed by atoms with Gasteiger partial charge >= 0.3 is 12.4 Å². The SMILES string of the molecule is CCCCC(CC)COc1cc(OCC(CC)CCCC)c(PC(=O)c2c(C(F)(F)F)cccc2C(F)(F)F)c(OCC(CC)CCCC)c1. The van der Waals surface area contributed by atoms with Gasteiger partial charge in [-0.05, 0) is 57.7 Å². The molecule has 2 rings (SSSR count). The first-order valence-electron chi connectivity index (χ1n) is 18.4. The number of carbonyl (C=O) groups is 1. The molecule has 0 saturated carbocycles. The van der Waals surface area contributed by atoms with Crippen LogP contribution in [0.2, 0.25) is 0 Å². The summed E-state index contributed by atoms with van der Waals surface area (Å²) in [5.74, 6) is 1.40. The van der Waals surface area contributed by atoms with Crippen LogP contribution in [0.1, 0.15) is 140 Å². The zero-order valence-corrected chi connectivity index (χ0v) is 31.6. The van der Waals surface area contributed by atoms with Crippen molar-refractivity contribution in [3.05, 3.63) is 47.0 Å². The number of hydrogen-bond donors (Lipinski definition) is 0. The molecule has 11 heteroatoms. The maximum absolute atomic E-state index is 14.1. The van der Waals surface area contributed by atoms with Crippen molar-refractivity contribution in [3.8, 4) is 17.2 Å². The summed E-state index contributed by atoms with van der Waals surface area (Å²) < 4.78 is 104. The summed E-state index contributed by atoms with van der Waals surface area (Å²) >= 11 is 0. The molecule has 0 spiro atoms. The van der Waals surface area contributed by atoms with Gasteiger partial charge in [-0.15, -0.1) is 0 Å². The van der Waals surface area contributed by atoms with Crippen molar-refractivity contribution in [1.29, 1.82) is 0 Å². The van der Waals surface area contributed by atoms with E-state index in [4.69, 9.17) is 14.2 Å². The van der Waals surface area contributed by atoms with Gasteiger partial charge in [-0.3, -0.25) is 4.79 Å². The molecule has 0 fully saturated rings. The fourth-order valence-electron chi connectivity index (χ4n) is 5.77. The number of benzene rings is 2. The fraction of sp³-hybridized carbons (Fsp3) is 0.667. The summed E-state index contributed by atoms with van der Waals surface area (Å²) in [6, 6.07) is 4.92. The highest BCUT2D eigenvalue weighted by molar-refractivity contribution is 7.66. The number of carbonyl (C=O) groups excluding carboxylic acids is 1. The Balaban J connectivity index is 2.73. The van der Waals surface area contributed by atoms with Crippen molar-refractivity contribution in [2.24, 2.45) is 17.8 Å². The second-order valence-electron chi connectivity index (χ2n) is 13.2. The molecule has 2 aromatic carbocycles. The maximum Gasteiger partial charge on any atom is 0.417 e. The quantitative estimate of drug-likeness (QED) is 0.0796. The first-order chi connectivity index (χ1) is 23.7. The molecule has 0 aliphatic rings. The largest absolute Gasteiger partial charge is 0.493 e. The van der Waals surface area contributed by atoms with Crippen LogP contribution in [0.15, 0.2) is 30.3 Å². The molecule has 4 atom stereocenters. The van der Waals surface area contributed by atoms with Crippen LogP contribution in [0.25, 0.3) is 0 Å². The normalized spacial score (nSPS) is 14.2. The molecule has 0 saturated heterocycles. The Bertz CT molecular complexity index is 1220. The number of alkyl halides is 6. The summed E-state index contributed by atoms with van der Waals surface area (Å²) in [6.07, 6.45) is 0.998. The smallest absolute Gasteiger partial charge is 0.417 e. The molecule has 0 aromatic heterocycles. The molecule has 0 heterocycles. The standard InChI is InChI=1S/C39H57F6O4P/c1-7-13-17-27(10-4)24-47-30-22-33(48-25-28(11-5)18-14-8-2)36(34(23-30)49-26-29(12-6)19-15-9-3)50-37(46)35-31(38(40,41)42)20-16-21-32(35)39(43,44)45/h16,20-23,27-29,50H,7-15,17-19,24-26H2,1-6H3. The molecule has 0 radical (unpaired) electrons. The van der Waals surface area contributed by atoms with Gasteiger partial charge in [0.05, 0.1) is 36.3 Å². The molecule has 284 valence electrons. The van der Waals surface area contributed by atoms with E-state index in [1.54, 1.807) is 12.1 Å². The van der Waals surface area contributed by atoms with Gasteiger partial charge in [0.25, 0.3) is 0 Å². The third kappa shape index (κ3) is 13.9. The number of unbranched alkanes of at least 4 members (excludes halogenated alkanes) is 3. The van der Waals surface area contributed by atoms with E-state index in [1.165, 1.54) is 0 Å². The first-order valence-corrected chi connectivity index (χ1v) is 19.4. The maximum atomic E-state index is 14.1. The highest BCUT2D eigenvalue weighted by Crippen LogP contribution is 2.43. The van der Waals surface area contributed by atoms with Crippen molar-refractivity contribution < 1.29 is 45.3 Å². The van der Waals surface area contributed by atoms with Gasteiger partial charge in [-0.1, -0.05) is 105 Å². The van der Waals surface area contributed by atoms with Crippen LogP contribution in [-0.4, -0.2) is 25.3 Å². The molecule has 0 amide bonds. The van der Waals surface area contributed by atoms with Crippen molar-refractivity contribution in [2.75, 3.05) is 19.8 Å². The van der Waals surface area contributed by atoms with Gasteiger partial charge in [0.15, 0.2) is 5.52 Å². The van der Waals surface area contributed by atoms with Crippen molar-refractivity contribution in [3.63, 3.8) is 0 Å². The monoisotopic (exact) mass is 734 g/mol. The number of rotatable bonds is 24. The highest BCUT2D eigenvalue weighted by atomic mass is 31.1. The highest BCUT2D eigenvalue weighted by Gasteiger charge is 2.43.